The molecule has 0 spiro atoms. The van der Waals surface area contributed by atoms with E-state index in [4.69, 9.17) is 10.5 Å². The number of hydrogen-bond donors (Lipinski definition) is 2. The fourth-order valence-electron chi connectivity index (χ4n) is 5.48. The molecule has 2 atom stereocenters. The number of amides is 2. The first kappa shape index (κ1) is 22.0. The summed E-state index contributed by atoms with van der Waals surface area (Å²) < 4.78 is 5.16. The van der Waals surface area contributed by atoms with E-state index in [1.165, 1.54) is 6.42 Å². The molecule has 3 aliphatic rings. The lowest BCUT2D eigenvalue weighted by molar-refractivity contribution is -0.135. The van der Waals surface area contributed by atoms with Crippen LogP contribution in [0.2, 0.25) is 0 Å². The van der Waals surface area contributed by atoms with Gasteiger partial charge in [0.25, 0.3) is 5.91 Å². The van der Waals surface area contributed by atoms with Crippen LogP contribution in [0.4, 0.5) is 0 Å². The van der Waals surface area contributed by atoms with Crippen LogP contribution >= 0.6 is 0 Å². The quantitative estimate of drug-likeness (QED) is 0.713. The summed E-state index contributed by atoms with van der Waals surface area (Å²) in [5.41, 5.74) is 5.91. The van der Waals surface area contributed by atoms with E-state index >= 15 is 0 Å². The minimum atomic E-state index is -0.599. The van der Waals surface area contributed by atoms with Crippen LogP contribution in [-0.2, 0) is 4.79 Å². The van der Waals surface area contributed by atoms with Gasteiger partial charge in [-0.05, 0) is 63.0 Å². The van der Waals surface area contributed by atoms with Crippen molar-refractivity contribution in [3.63, 3.8) is 0 Å². The molecular weight excluding hydrogens is 396 g/mol. The maximum atomic E-state index is 12.9. The predicted molar refractivity (Wildman–Crippen MR) is 117 cm³/mol. The normalized spacial score (nSPS) is 27.2. The van der Waals surface area contributed by atoms with Gasteiger partial charge in [-0.1, -0.05) is 6.42 Å². The van der Waals surface area contributed by atoms with Crippen molar-refractivity contribution >= 4 is 11.8 Å². The highest BCUT2D eigenvalue weighted by atomic mass is 16.5. The Morgan fingerprint density at radius 1 is 1.03 bits per heavy atom. The van der Waals surface area contributed by atoms with Crippen LogP contribution in [0.1, 0.15) is 42.5 Å². The van der Waals surface area contributed by atoms with Gasteiger partial charge in [0, 0.05) is 31.7 Å². The number of methoxy groups -OCH3 is 1. The van der Waals surface area contributed by atoms with Gasteiger partial charge in [-0.15, -0.1) is 0 Å². The second kappa shape index (κ2) is 9.14. The van der Waals surface area contributed by atoms with Crippen LogP contribution in [0, 0.1) is 0 Å². The number of hydrogen-bond acceptors (Lipinski definition) is 6. The first-order valence-electron chi connectivity index (χ1n) is 11.3. The number of carbonyl (C=O) groups excluding carboxylic acids is 2. The fourth-order valence-corrected chi connectivity index (χ4v) is 5.48. The third kappa shape index (κ3) is 4.29. The lowest BCUT2D eigenvalue weighted by Gasteiger charge is -2.49. The summed E-state index contributed by atoms with van der Waals surface area (Å²) in [5.74, 6) is 0.397. The van der Waals surface area contributed by atoms with Crippen LogP contribution in [-0.4, -0.2) is 95.7 Å². The minimum absolute atomic E-state index is 0.0824. The maximum Gasteiger partial charge on any atom is 0.254 e. The smallest absolute Gasteiger partial charge is 0.254 e. The summed E-state index contributed by atoms with van der Waals surface area (Å²) in [7, 11) is 1.59. The Kier molecular flexibility index (Phi) is 6.50. The highest BCUT2D eigenvalue weighted by Crippen LogP contribution is 2.33. The first-order valence-corrected chi connectivity index (χ1v) is 11.3. The second-order valence-electron chi connectivity index (χ2n) is 9.05. The molecule has 8 nitrogen and oxygen atoms in total. The van der Waals surface area contributed by atoms with Crippen molar-refractivity contribution in [2.75, 3.05) is 46.4 Å². The fraction of sp³-hybridized carbons (Fsp3) is 0.652. The van der Waals surface area contributed by atoms with Gasteiger partial charge in [0.15, 0.2) is 0 Å². The Morgan fingerprint density at radius 3 is 2.26 bits per heavy atom. The number of likely N-dealkylation sites (tertiary alicyclic amines) is 3. The molecule has 2 amide bonds. The Morgan fingerprint density at radius 2 is 1.68 bits per heavy atom. The van der Waals surface area contributed by atoms with E-state index in [9.17, 15) is 14.7 Å². The van der Waals surface area contributed by atoms with Crippen LogP contribution < -0.4 is 10.5 Å². The molecule has 0 radical (unpaired) electrons. The number of nitrogens with two attached hydrogens (primary N) is 1. The lowest BCUT2D eigenvalue weighted by Crippen LogP contribution is -2.64. The number of aliphatic hydroxyl groups is 1. The molecule has 8 heteroatoms. The van der Waals surface area contributed by atoms with Crippen molar-refractivity contribution < 1.29 is 19.4 Å². The van der Waals surface area contributed by atoms with Gasteiger partial charge >= 0.3 is 0 Å². The van der Waals surface area contributed by atoms with E-state index in [2.05, 4.69) is 9.80 Å². The summed E-state index contributed by atoms with van der Waals surface area (Å²) in [6.45, 7) is 4.06. The molecule has 0 saturated carbocycles. The van der Waals surface area contributed by atoms with E-state index in [0.717, 1.165) is 25.9 Å². The third-order valence-corrected chi connectivity index (χ3v) is 7.40. The lowest BCUT2D eigenvalue weighted by atomic mass is 9.83. The average Bonchev–Trinajstić information content (AvgIpc) is 3.20. The van der Waals surface area contributed by atoms with E-state index in [0.29, 0.717) is 50.3 Å². The van der Waals surface area contributed by atoms with Gasteiger partial charge in [-0.3, -0.25) is 19.4 Å². The Hall–Kier alpha value is -2.16. The number of nitrogens with zero attached hydrogens (tertiary/aromatic N) is 3. The van der Waals surface area contributed by atoms with Crippen molar-refractivity contribution in [3.05, 3.63) is 29.8 Å². The molecule has 3 N–H and O–H groups in total. The van der Waals surface area contributed by atoms with Crippen molar-refractivity contribution in [3.8, 4) is 5.75 Å². The zero-order valence-electron chi connectivity index (χ0n) is 18.3. The molecular formula is C23H34N4O4. The molecule has 3 heterocycles. The van der Waals surface area contributed by atoms with Gasteiger partial charge in [-0.2, -0.15) is 0 Å². The second-order valence-corrected chi connectivity index (χ2v) is 9.05. The molecule has 3 fully saturated rings. The van der Waals surface area contributed by atoms with Gasteiger partial charge in [0.2, 0.25) is 5.91 Å². The molecule has 0 bridgehead atoms. The summed E-state index contributed by atoms with van der Waals surface area (Å²) in [6.07, 6.45) is 4.20. The molecule has 1 aromatic rings. The van der Waals surface area contributed by atoms with Crippen LogP contribution in [0.15, 0.2) is 24.3 Å². The molecule has 170 valence electrons. The number of primary amides is 1. The van der Waals surface area contributed by atoms with E-state index in [1.54, 1.807) is 36.3 Å². The number of carbonyl (C=O) groups is 2. The van der Waals surface area contributed by atoms with E-state index in [-0.39, 0.29) is 17.9 Å². The minimum Gasteiger partial charge on any atom is -0.497 e. The zero-order chi connectivity index (χ0) is 22.0. The summed E-state index contributed by atoms with van der Waals surface area (Å²) in [4.78, 5) is 31.6. The topological polar surface area (TPSA) is 99.3 Å². The molecule has 0 unspecified atom stereocenters. The number of β-amino-alcohol motifs (C(OH)–C–C–N with tert-alkyl or cyclic N) is 1. The molecule has 3 aliphatic heterocycles. The summed E-state index contributed by atoms with van der Waals surface area (Å²) in [6, 6.07) is 6.93. The monoisotopic (exact) mass is 430 g/mol. The van der Waals surface area contributed by atoms with Gasteiger partial charge in [0.1, 0.15) is 11.3 Å². The number of benzene rings is 1. The highest BCUT2D eigenvalue weighted by Gasteiger charge is 2.48. The Balaban J connectivity index is 1.39. The predicted octanol–water partition coefficient (Wildman–Crippen LogP) is 0.686. The Bertz CT molecular complexity index is 785. The molecule has 31 heavy (non-hydrogen) atoms. The van der Waals surface area contributed by atoms with Gasteiger partial charge in [-0.25, -0.2) is 0 Å². The summed E-state index contributed by atoms with van der Waals surface area (Å²) in [5, 5.41) is 10.7. The summed E-state index contributed by atoms with van der Waals surface area (Å²) >= 11 is 0. The number of aliphatic hydroxyl groups excluding tert-OH is 1. The largest absolute Gasteiger partial charge is 0.497 e. The van der Waals surface area contributed by atoms with Crippen molar-refractivity contribution in [1.82, 2.24) is 14.7 Å². The van der Waals surface area contributed by atoms with Gasteiger partial charge < -0.3 is 20.5 Å². The van der Waals surface area contributed by atoms with Crippen LogP contribution in [0.5, 0.6) is 5.75 Å². The number of piperidine rings is 2. The molecule has 3 saturated heterocycles. The van der Waals surface area contributed by atoms with E-state index < -0.39 is 11.6 Å². The van der Waals surface area contributed by atoms with Crippen molar-refractivity contribution in [2.45, 2.75) is 49.8 Å². The standard InChI is InChI=1S/C23H34N4O4/c1-31-18-7-5-17(6-8-18)21(29)26-15-19(20(28)16-26)25-13-9-23(10-14-25,22(24)30)27-11-3-2-4-12-27/h5-8,19-20,28H,2-4,9-16H2,1H3,(H2,24,30)/t19-,20-/m0/s1. The number of ether oxygens (including phenoxy) is 1. The SMILES string of the molecule is COc1ccc(C(=O)N2C[C@H](O)[C@@H](N3CCC(C(N)=O)(N4CCCCC4)CC3)C2)cc1. The third-order valence-electron chi connectivity index (χ3n) is 7.40. The molecule has 0 aromatic heterocycles. The van der Waals surface area contributed by atoms with E-state index in [1.807, 2.05) is 0 Å². The molecule has 4 rings (SSSR count). The maximum absolute atomic E-state index is 12.9. The highest BCUT2D eigenvalue weighted by molar-refractivity contribution is 5.94. The van der Waals surface area contributed by atoms with Gasteiger partial charge in [0.05, 0.1) is 19.3 Å². The Labute approximate surface area is 183 Å². The van der Waals surface area contributed by atoms with Crippen molar-refractivity contribution in [1.29, 1.82) is 0 Å². The first-order chi connectivity index (χ1) is 14.9. The zero-order valence-corrected chi connectivity index (χ0v) is 18.3. The number of rotatable bonds is 5. The average molecular weight is 431 g/mol. The van der Waals surface area contributed by atoms with Crippen LogP contribution in [0.3, 0.4) is 0 Å². The van der Waals surface area contributed by atoms with Crippen molar-refractivity contribution in [2.24, 2.45) is 5.73 Å². The molecule has 1 aromatic carbocycles. The molecule has 0 aliphatic carbocycles. The van der Waals surface area contributed by atoms with Crippen LogP contribution in [0.25, 0.3) is 0 Å².